The first-order chi connectivity index (χ1) is 11.5. The molecule has 1 fully saturated rings. The molecule has 1 aromatic carbocycles. The molecule has 0 aliphatic carbocycles. The number of hydrogen-bond donors (Lipinski definition) is 2. The number of aromatic amines is 1. The molecule has 2 heterocycles. The maximum absolute atomic E-state index is 12.4. The summed E-state index contributed by atoms with van der Waals surface area (Å²) in [6.45, 7) is 9.04. The first-order valence-electron chi connectivity index (χ1n) is 8.64. The molecule has 1 aliphatic heterocycles. The molecule has 1 amide bonds. The van der Waals surface area contributed by atoms with Crippen molar-refractivity contribution in [3.63, 3.8) is 0 Å². The van der Waals surface area contributed by atoms with E-state index < -0.39 is 0 Å². The Kier molecular flexibility index (Phi) is 5.00. The van der Waals surface area contributed by atoms with Gasteiger partial charge in [0.25, 0.3) is 5.91 Å². The Balaban J connectivity index is 1.51. The maximum Gasteiger partial charge on any atom is 0.272 e. The molecule has 2 N–H and O–H groups in total. The zero-order valence-electron chi connectivity index (χ0n) is 14.7. The lowest BCUT2D eigenvalue weighted by Crippen LogP contribution is -2.44. The molecule has 3 rings (SSSR count). The monoisotopic (exact) mass is 326 g/mol. The summed E-state index contributed by atoms with van der Waals surface area (Å²) in [5, 5.41) is 10.1. The fourth-order valence-electron chi connectivity index (χ4n) is 3.22. The van der Waals surface area contributed by atoms with Crippen molar-refractivity contribution in [2.75, 3.05) is 13.1 Å². The van der Waals surface area contributed by atoms with Crippen LogP contribution < -0.4 is 5.32 Å². The number of carbonyl (C=O) groups excluding carboxylic acids is 1. The van der Waals surface area contributed by atoms with Crippen molar-refractivity contribution in [3.8, 4) is 0 Å². The summed E-state index contributed by atoms with van der Waals surface area (Å²) in [7, 11) is 0. The van der Waals surface area contributed by atoms with Gasteiger partial charge in [-0.2, -0.15) is 5.10 Å². The van der Waals surface area contributed by atoms with Crippen LogP contribution in [-0.2, 0) is 6.54 Å². The minimum Gasteiger partial charge on any atom is -0.348 e. The van der Waals surface area contributed by atoms with Gasteiger partial charge in [0.2, 0.25) is 0 Å². The van der Waals surface area contributed by atoms with Crippen LogP contribution in [0.1, 0.15) is 45.7 Å². The number of piperidine rings is 1. The van der Waals surface area contributed by atoms with Crippen LogP contribution in [0.3, 0.4) is 0 Å². The number of nitrogens with one attached hydrogen (secondary N) is 2. The van der Waals surface area contributed by atoms with Gasteiger partial charge >= 0.3 is 0 Å². The van der Waals surface area contributed by atoms with E-state index in [2.05, 4.69) is 51.6 Å². The van der Waals surface area contributed by atoms with Crippen LogP contribution in [0.5, 0.6) is 0 Å². The lowest BCUT2D eigenvalue weighted by Gasteiger charge is -2.32. The van der Waals surface area contributed by atoms with E-state index in [1.807, 2.05) is 13.8 Å². The van der Waals surface area contributed by atoms with Gasteiger partial charge in [0.15, 0.2) is 5.69 Å². The molecule has 0 saturated carbocycles. The summed E-state index contributed by atoms with van der Waals surface area (Å²) in [6.07, 6.45) is 1.97. The number of H-pyrrole nitrogens is 1. The Morgan fingerprint density at radius 3 is 2.58 bits per heavy atom. The molecular weight excluding hydrogens is 300 g/mol. The largest absolute Gasteiger partial charge is 0.348 e. The minimum atomic E-state index is -0.0609. The van der Waals surface area contributed by atoms with Gasteiger partial charge in [-0.25, -0.2) is 0 Å². The van der Waals surface area contributed by atoms with Gasteiger partial charge in [0, 0.05) is 36.9 Å². The summed E-state index contributed by atoms with van der Waals surface area (Å²) >= 11 is 0. The van der Waals surface area contributed by atoms with Crippen molar-refractivity contribution in [2.45, 2.75) is 46.2 Å². The number of carbonyl (C=O) groups is 1. The van der Waals surface area contributed by atoms with Gasteiger partial charge in [-0.05, 0) is 44.7 Å². The fourth-order valence-corrected chi connectivity index (χ4v) is 3.22. The summed E-state index contributed by atoms with van der Waals surface area (Å²) in [5.41, 5.74) is 5.15. The number of aromatic nitrogens is 2. The normalized spacial score (nSPS) is 16.3. The smallest absolute Gasteiger partial charge is 0.272 e. The van der Waals surface area contributed by atoms with E-state index in [0.29, 0.717) is 5.69 Å². The number of likely N-dealkylation sites (tertiary alicyclic amines) is 1. The van der Waals surface area contributed by atoms with Gasteiger partial charge in [-0.1, -0.05) is 24.3 Å². The lowest BCUT2D eigenvalue weighted by atomic mass is 10.0. The highest BCUT2D eigenvalue weighted by Gasteiger charge is 2.23. The molecule has 1 aliphatic rings. The maximum atomic E-state index is 12.4. The lowest BCUT2D eigenvalue weighted by molar-refractivity contribution is 0.0903. The molecule has 1 saturated heterocycles. The van der Waals surface area contributed by atoms with Gasteiger partial charge < -0.3 is 5.32 Å². The second-order valence-corrected chi connectivity index (χ2v) is 6.77. The Hall–Kier alpha value is -2.14. The molecule has 0 bridgehead atoms. The minimum absolute atomic E-state index is 0.0609. The van der Waals surface area contributed by atoms with Crippen LogP contribution in [0.25, 0.3) is 0 Å². The second-order valence-electron chi connectivity index (χ2n) is 6.77. The van der Waals surface area contributed by atoms with Crippen LogP contribution in [0.2, 0.25) is 0 Å². The Labute approximate surface area is 143 Å². The van der Waals surface area contributed by atoms with Crippen LogP contribution in [0, 0.1) is 20.8 Å². The molecule has 5 nitrogen and oxygen atoms in total. The van der Waals surface area contributed by atoms with E-state index in [9.17, 15) is 4.79 Å². The molecule has 2 aromatic rings. The predicted molar refractivity (Wildman–Crippen MR) is 95.0 cm³/mol. The average Bonchev–Trinajstić information content (AvgIpc) is 2.91. The first kappa shape index (κ1) is 16.7. The van der Waals surface area contributed by atoms with Gasteiger partial charge in [-0.15, -0.1) is 0 Å². The number of nitrogens with zero attached hydrogens (tertiary/aromatic N) is 2. The number of hydrogen-bond acceptors (Lipinski definition) is 3. The van der Waals surface area contributed by atoms with E-state index in [1.165, 1.54) is 11.1 Å². The predicted octanol–water partition coefficient (Wildman–Crippen LogP) is 2.73. The van der Waals surface area contributed by atoms with Crippen molar-refractivity contribution in [2.24, 2.45) is 0 Å². The SMILES string of the molecule is Cc1ccccc1CN1CCC(NC(=O)c2n[nH]c(C)c2C)CC1. The highest BCUT2D eigenvalue weighted by molar-refractivity contribution is 5.94. The van der Waals surface area contributed by atoms with E-state index in [4.69, 9.17) is 0 Å². The van der Waals surface area contributed by atoms with Crippen LogP contribution in [0.15, 0.2) is 24.3 Å². The first-order valence-corrected chi connectivity index (χ1v) is 8.64. The zero-order chi connectivity index (χ0) is 17.1. The molecule has 0 radical (unpaired) electrons. The van der Waals surface area contributed by atoms with E-state index >= 15 is 0 Å². The van der Waals surface area contributed by atoms with Crippen LogP contribution >= 0.6 is 0 Å². The molecule has 24 heavy (non-hydrogen) atoms. The summed E-state index contributed by atoms with van der Waals surface area (Å²) in [5.74, 6) is -0.0609. The number of amides is 1. The molecule has 0 spiro atoms. The average molecular weight is 326 g/mol. The number of rotatable bonds is 4. The van der Waals surface area contributed by atoms with Gasteiger partial charge in [-0.3, -0.25) is 14.8 Å². The third-order valence-electron chi connectivity index (χ3n) is 5.05. The van der Waals surface area contributed by atoms with Crippen LogP contribution in [0.4, 0.5) is 0 Å². The van der Waals surface area contributed by atoms with E-state index in [1.54, 1.807) is 0 Å². The van der Waals surface area contributed by atoms with Crippen molar-refractivity contribution >= 4 is 5.91 Å². The third kappa shape index (κ3) is 3.67. The topological polar surface area (TPSA) is 61.0 Å². The van der Waals surface area contributed by atoms with E-state index in [0.717, 1.165) is 43.7 Å². The zero-order valence-corrected chi connectivity index (χ0v) is 14.7. The number of benzene rings is 1. The van der Waals surface area contributed by atoms with Gasteiger partial charge in [0.05, 0.1) is 0 Å². The second kappa shape index (κ2) is 7.18. The van der Waals surface area contributed by atoms with Crippen molar-refractivity contribution < 1.29 is 4.79 Å². The van der Waals surface area contributed by atoms with Gasteiger partial charge in [0.1, 0.15) is 0 Å². The van der Waals surface area contributed by atoms with Crippen molar-refractivity contribution in [1.82, 2.24) is 20.4 Å². The molecule has 5 heteroatoms. The molecule has 128 valence electrons. The molecule has 0 atom stereocenters. The summed E-state index contributed by atoms with van der Waals surface area (Å²) < 4.78 is 0. The van der Waals surface area contributed by atoms with E-state index in [-0.39, 0.29) is 11.9 Å². The number of aryl methyl sites for hydroxylation is 2. The molecule has 0 unspecified atom stereocenters. The van der Waals surface area contributed by atoms with Crippen LogP contribution in [-0.4, -0.2) is 40.1 Å². The Bertz CT molecular complexity index is 714. The summed E-state index contributed by atoms with van der Waals surface area (Å²) in [6, 6.07) is 8.78. The highest BCUT2D eigenvalue weighted by Crippen LogP contribution is 2.17. The Morgan fingerprint density at radius 1 is 1.25 bits per heavy atom. The summed E-state index contributed by atoms with van der Waals surface area (Å²) in [4.78, 5) is 14.8. The highest BCUT2D eigenvalue weighted by atomic mass is 16.2. The standard InChI is InChI=1S/C19H26N4O/c1-13-6-4-5-7-16(13)12-23-10-8-17(9-11-23)20-19(24)18-14(2)15(3)21-22-18/h4-7,17H,8-12H2,1-3H3,(H,20,24)(H,21,22). The fraction of sp³-hybridized carbons (Fsp3) is 0.474. The quantitative estimate of drug-likeness (QED) is 0.908. The molecule has 1 aromatic heterocycles. The Morgan fingerprint density at radius 2 is 1.96 bits per heavy atom. The van der Waals surface area contributed by atoms with Crippen molar-refractivity contribution in [3.05, 3.63) is 52.3 Å². The third-order valence-corrected chi connectivity index (χ3v) is 5.05. The van der Waals surface area contributed by atoms with Crippen molar-refractivity contribution in [1.29, 1.82) is 0 Å². The molecular formula is C19H26N4O.